The summed E-state index contributed by atoms with van der Waals surface area (Å²) < 4.78 is 0. The number of nitrogens with zero attached hydrogens (tertiary/aromatic N) is 3. The van der Waals surface area contributed by atoms with Crippen molar-refractivity contribution in [1.82, 2.24) is 25.6 Å². The Labute approximate surface area is 153 Å². The summed E-state index contributed by atoms with van der Waals surface area (Å²) in [6.07, 6.45) is 9.42. The lowest BCUT2D eigenvalue weighted by molar-refractivity contribution is 0.0863. The van der Waals surface area contributed by atoms with Crippen LogP contribution in [0.2, 0.25) is 0 Å². The Morgan fingerprint density at radius 1 is 1.15 bits per heavy atom. The van der Waals surface area contributed by atoms with Gasteiger partial charge in [0.15, 0.2) is 0 Å². The van der Waals surface area contributed by atoms with Gasteiger partial charge >= 0.3 is 0 Å². The van der Waals surface area contributed by atoms with E-state index in [0.717, 1.165) is 56.5 Å². The zero-order valence-electron chi connectivity index (χ0n) is 15.2. The van der Waals surface area contributed by atoms with Gasteiger partial charge < -0.3 is 10.6 Å². The molecular weight excluding hydrogens is 326 g/mol. The van der Waals surface area contributed by atoms with Gasteiger partial charge in [-0.25, -0.2) is 9.97 Å². The maximum absolute atomic E-state index is 12.6. The summed E-state index contributed by atoms with van der Waals surface area (Å²) in [4.78, 5) is 25.1. The summed E-state index contributed by atoms with van der Waals surface area (Å²) in [6, 6.07) is 7.81. The molecule has 2 aromatic rings. The number of pyridine rings is 1. The second-order valence-electron chi connectivity index (χ2n) is 7.76. The van der Waals surface area contributed by atoms with Crippen LogP contribution >= 0.6 is 0 Å². The zero-order chi connectivity index (χ0) is 18.0. The van der Waals surface area contributed by atoms with E-state index in [0.29, 0.717) is 5.69 Å². The summed E-state index contributed by atoms with van der Waals surface area (Å²) in [7, 11) is 0. The minimum Gasteiger partial charge on any atom is -0.345 e. The molecule has 6 heteroatoms. The molecule has 2 bridgehead atoms. The molecule has 2 N–H and O–H groups in total. The maximum Gasteiger partial charge on any atom is 0.270 e. The number of hydrogen-bond acceptors (Lipinski definition) is 5. The second kappa shape index (κ2) is 6.76. The fraction of sp³-hybridized carbons (Fsp3) is 0.500. The molecule has 0 radical (unpaired) electrons. The van der Waals surface area contributed by atoms with Crippen molar-refractivity contribution in [3.63, 3.8) is 0 Å². The van der Waals surface area contributed by atoms with E-state index in [1.807, 2.05) is 13.0 Å². The van der Waals surface area contributed by atoms with Gasteiger partial charge in [0, 0.05) is 29.5 Å². The number of rotatable bonds is 5. The Hall–Kier alpha value is -2.34. The smallest absolute Gasteiger partial charge is 0.270 e. The first-order valence-electron chi connectivity index (χ1n) is 9.34. The van der Waals surface area contributed by atoms with Crippen LogP contribution in [0.1, 0.15) is 60.4 Å². The molecule has 2 heterocycles. The van der Waals surface area contributed by atoms with Crippen LogP contribution in [0.3, 0.4) is 0 Å². The molecule has 2 aliphatic rings. The van der Waals surface area contributed by atoms with E-state index < -0.39 is 0 Å². The Morgan fingerprint density at radius 3 is 2.81 bits per heavy atom. The Bertz CT molecular complexity index is 796. The fourth-order valence-electron chi connectivity index (χ4n) is 4.61. The third kappa shape index (κ3) is 3.46. The minimum absolute atomic E-state index is 0.0922. The van der Waals surface area contributed by atoms with E-state index in [2.05, 4.69) is 37.7 Å². The van der Waals surface area contributed by atoms with Crippen molar-refractivity contribution in [2.45, 2.75) is 63.1 Å². The third-order valence-electron chi connectivity index (χ3n) is 5.85. The molecule has 0 aromatic carbocycles. The topological polar surface area (TPSA) is 79.8 Å². The molecule has 2 saturated carbocycles. The molecule has 2 aromatic heterocycles. The highest BCUT2D eigenvalue weighted by Gasteiger charge is 2.51. The van der Waals surface area contributed by atoms with Gasteiger partial charge in [-0.3, -0.25) is 9.78 Å². The van der Waals surface area contributed by atoms with Crippen molar-refractivity contribution < 1.29 is 4.79 Å². The van der Waals surface area contributed by atoms with Crippen LogP contribution in [0.4, 0.5) is 0 Å². The average molecular weight is 351 g/mol. The van der Waals surface area contributed by atoms with Gasteiger partial charge in [-0.2, -0.15) is 0 Å². The summed E-state index contributed by atoms with van der Waals surface area (Å²) in [5.41, 5.74) is 2.54. The van der Waals surface area contributed by atoms with Crippen LogP contribution in [-0.4, -0.2) is 31.9 Å². The van der Waals surface area contributed by atoms with Gasteiger partial charge in [-0.15, -0.1) is 0 Å². The number of carbonyl (C=O) groups excluding carboxylic acids is 1. The number of aromatic nitrogens is 3. The molecule has 2 atom stereocenters. The lowest BCUT2D eigenvalue weighted by Gasteiger charge is -2.40. The first-order chi connectivity index (χ1) is 12.6. The molecule has 2 unspecified atom stereocenters. The highest BCUT2D eigenvalue weighted by atomic mass is 16.2. The van der Waals surface area contributed by atoms with Gasteiger partial charge in [0.05, 0.1) is 5.69 Å². The second-order valence-corrected chi connectivity index (χ2v) is 7.76. The SMILES string of the molecule is Cc1cccc(CNC23CCCC(NC(=O)c4ccncn4)(CC2)C3)n1. The van der Waals surface area contributed by atoms with Crippen LogP contribution in [-0.2, 0) is 6.54 Å². The Balaban J connectivity index is 1.43. The first kappa shape index (κ1) is 17.1. The molecule has 0 saturated heterocycles. The molecule has 6 nitrogen and oxygen atoms in total. The predicted octanol–water partition coefficient (Wildman–Crippen LogP) is 2.55. The van der Waals surface area contributed by atoms with Crippen molar-refractivity contribution in [3.8, 4) is 0 Å². The number of hydrogen-bond donors (Lipinski definition) is 2. The van der Waals surface area contributed by atoms with Crippen molar-refractivity contribution in [2.24, 2.45) is 0 Å². The van der Waals surface area contributed by atoms with Gasteiger partial charge in [-0.1, -0.05) is 6.07 Å². The van der Waals surface area contributed by atoms with E-state index in [9.17, 15) is 4.79 Å². The molecule has 2 aliphatic carbocycles. The number of carbonyl (C=O) groups is 1. The van der Waals surface area contributed by atoms with Crippen molar-refractivity contribution in [2.75, 3.05) is 0 Å². The number of aryl methyl sites for hydroxylation is 1. The van der Waals surface area contributed by atoms with E-state index in [-0.39, 0.29) is 17.0 Å². The van der Waals surface area contributed by atoms with E-state index in [4.69, 9.17) is 0 Å². The molecular formula is C20H25N5O. The van der Waals surface area contributed by atoms with Crippen LogP contribution in [0.15, 0.2) is 36.8 Å². The minimum atomic E-state index is -0.118. The molecule has 4 rings (SSSR count). The molecule has 2 fully saturated rings. The normalized spacial score (nSPS) is 27.3. The summed E-state index contributed by atoms with van der Waals surface area (Å²) in [5.74, 6) is -0.0922. The Kier molecular flexibility index (Phi) is 4.44. The highest BCUT2D eigenvalue weighted by Crippen LogP contribution is 2.48. The summed E-state index contributed by atoms with van der Waals surface area (Å²) in [6.45, 7) is 2.79. The van der Waals surface area contributed by atoms with Crippen LogP contribution in [0.5, 0.6) is 0 Å². The lowest BCUT2D eigenvalue weighted by Crippen LogP contribution is -2.54. The van der Waals surface area contributed by atoms with Gasteiger partial charge in [0.25, 0.3) is 5.91 Å². The third-order valence-corrected chi connectivity index (χ3v) is 5.85. The largest absolute Gasteiger partial charge is 0.345 e. The summed E-state index contributed by atoms with van der Waals surface area (Å²) in [5, 5.41) is 7.06. The van der Waals surface area contributed by atoms with Crippen LogP contribution in [0, 0.1) is 6.92 Å². The average Bonchev–Trinajstić information content (AvgIpc) is 2.91. The zero-order valence-corrected chi connectivity index (χ0v) is 15.2. The van der Waals surface area contributed by atoms with Gasteiger partial charge in [-0.05, 0) is 63.6 Å². The van der Waals surface area contributed by atoms with Crippen molar-refractivity contribution in [1.29, 1.82) is 0 Å². The fourth-order valence-corrected chi connectivity index (χ4v) is 4.61. The number of amides is 1. The predicted molar refractivity (Wildman–Crippen MR) is 98.5 cm³/mol. The quantitative estimate of drug-likeness (QED) is 0.865. The molecule has 136 valence electrons. The molecule has 1 amide bonds. The maximum atomic E-state index is 12.6. The number of fused-ring (bicyclic) bond motifs is 2. The van der Waals surface area contributed by atoms with E-state index in [1.165, 1.54) is 6.33 Å². The molecule has 26 heavy (non-hydrogen) atoms. The Morgan fingerprint density at radius 2 is 2.00 bits per heavy atom. The van der Waals surface area contributed by atoms with Crippen LogP contribution in [0.25, 0.3) is 0 Å². The van der Waals surface area contributed by atoms with Gasteiger partial charge in [0.2, 0.25) is 0 Å². The first-order valence-corrected chi connectivity index (χ1v) is 9.34. The summed E-state index contributed by atoms with van der Waals surface area (Å²) >= 11 is 0. The van der Waals surface area contributed by atoms with E-state index in [1.54, 1.807) is 12.3 Å². The highest BCUT2D eigenvalue weighted by molar-refractivity contribution is 5.92. The van der Waals surface area contributed by atoms with Crippen molar-refractivity contribution in [3.05, 3.63) is 53.9 Å². The van der Waals surface area contributed by atoms with Crippen LogP contribution < -0.4 is 10.6 Å². The molecule has 0 aliphatic heterocycles. The monoisotopic (exact) mass is 351 g/mol. The standard InChI is InChI=1S/C20H25N5O/c1-15-4-2-5-16(24-15)12-23-19-7-3-8-20(13-19,10-9-19)25-18(26)17-6-11-21-14-22-17/h2,4-6,11,14,23H,3,7-10,12-13H2,1H3,(H,25,26). The van der Waals surface area contributed by atoms with E-state index >= 15 is 0 Å². The van der Waals surface area contributed by atoms with Crippen molar-refractivity contribution >= 4 is 5.91 Å². The van der Waals surface area contributed by atoms with Gasteiger partial charge in [0.1, 0.15) is 12.0 Å². The number of nitrogens with one attached hydrogen (secondary N) is 2. The molecule has 0 spiro atoms. The lowest BCUT2D eigenvalue weighted by atomic mass is 9.78.